The van der Waals surface area contributed by atoms with Gasteiger partial charge in [0.1, 0.15) is 12.7 Å². The molecule has 1 aromatic heterocycles. The maximum atomic E-state index is 11.8. The predicted molar refractivity (Wildman–Crippen MR) is 97.6 cm³/mol. The van der Waals surface area contributed by atoms with E-state index in [4.69, 9.17) is 0 Å². The molecule has 7 nitrogen and oxygen atoms in total. The van der Waals surface area contributed by atoms with Gasteiger partial charge in [-0.25, -0.2) is 4.98 Å². The Morgan fingerprint density at radius 3 is 2.96 bits per heavy atom. The highest BCUT2D eigenvalue weighted by Crippen LogP contribution is 2.26. The minimum atomic E-state index is 0. The minimum Gasteiger partial charge on any atom is -0.354 e. The zero-order chi connectivity index (χ0) is 15.2. The van der Waals surface area contributed by atoms with Crippen molar-refractivity contribution in [1.29, 1.82) is 0 Å². The van der Waals surface area contributed by atoms with Crippen LogP contribution in [0.1, 0.15) is 25.7 Å². The van der Waals surface area contributed by atoms with Crippen LogP contribution in [0.5, 0.6) is 0 Å². The summed E-state index contributed by atoms with van der Waals surface area (Å²) in [6, 6.07) is 0.576. The molecule has 138 valence electrons. The molecule has 2 aliphatic heterocycles. The van der Waals surface area contributed by atoms with Crippen molar-refractivity contribution in [3.8, 4) is 0 Å². The first kappa shape index (κ1) is 21.2. The molecule has 0 spiro atoms. The highest BCUT2D eigenvalue weighted by atomic mass is 35.5. The van der Waals surface area contributed by atoms with E-state index < -0.39 is 0 Å². The summed E-state index contributed by atoms with van der Waals surface area (Å²) in [7, 11) is 0. The lowest BCUT2D eigenvalue weighted by Crippen LogP contribution is -2.54. The number of carbonyl (C=O) groups is 1. The number of nitrogens with one attached hydrogen (secondary N) is 3. The second kappa shape index (κ2) is 10.9. The van der Waals surface area contributed by atoms with E-state index in [1.54, 1.807) is 11.0 Å². The fraction of sp³-hybridized carbons (Fsp3) is 0.800. The van der Waals surface area contributed by atoms with E-state index in [0.29, 0.717) is 25.6 Å². The standard InChI is InChI=1S/C15H26N6O.2ClH/c22-15(18-4-5-21-11-17-10-20-21)3-1-2-14-13-6-12(8-19-14)7-16-9-13;;/h10-14,16,19H,1-9H2,(H,18,22);2*1H/t12-,13+,14-;;/m0../s1. The number of amides is 1. The van der Waals surface area contributed by atoms with Crippen molar-refractivity contribution in [2.75, 3.05) is 26.2 Å². The Balaban J connectivity index is 0.00000144. The van der Waals surface area contributed by atoms with Crippen molar-refractivity contribution >= 4 is 30.7 Å². The van der Waals surface area contributed by atoms with Gasteiger partial charge in [0.05, 0.1) is 6.54 Å². The predicted octanol–water partition coefficient (Wildman–Crippen LogP) is 0.606. The van der Waals surface area contributed by atoms with Crippen LogP contribution in [-0.2, 0) is 11.3 Å². The molecular formula is C15H28Cl2N6O. The lowest BCUT2D eigenvalue weighted by Gasteiger charge is -2.41. The quantitative estimate of drug-likeness (QED) is 0.647. The molecule has 1 amide bonds. The average Bonchev–Trinajstić information content (AvgIpc) is 3.03. The smallest absolute Gasteiger partial charge is 0.220 e. The van der Waals surface area contributed by atoms with Crippen LogP contribution in [0.3, 0.4) is 0 Å². The first-order chi connectivity index (χ1) is 10.8. The molecule has 3 rings (SSSR count). The first-order valence-corrected chi connectivity index (χ1v) is 8.34. The van der Waals surface area contributed by atoms with Crippen LogP contribution in [-0.4, -0.2) is 52.9 Å². The highest BCUT2D eigenvalue weighted by Gasteiger charge is 2.32. The van der Waals surface area contributed by atoms with Gasteiger partial charge in [0, 0.05) is 19.0 Å². The average molecular weight is 379 g/mol. The Morgan fingerprint density at radius 1 is 1.29 bits per heavy atom. The fourth-order valence-electron chi connectivity index (χ4n) is 3.58. The molecule has 0 unspecified atom stereocenters. The summed E-state index contributed by atoms with van der Waals surface area (Å²) in [5.74, 6) is 1.67. The fourth-order valence-corrected chi connectivity index (χ4v) is 3.58. The summed E-state index contributed by atoms with van der Waals surface area (Å²) in [4.78, 5) is 15.7. The Bertz CT molecular complexity index is 473. The number of halogens is 2. The van der Waals surface area contributed by atoms with Gasteiger partial charge in [-0.2, -0.15) is 5.10 Å². The van der Waals surface area contributed by atoms with Crippen LogP contribution >= 0.6 is 24.8 Å². The van der Waals surface area contributed by atoms with Crippen LogP contribution in [0, 0.1) is 11.8 Å². The van der Waals surface area contributed by atoms with Gasteiger partial charge in [-0.3, -0.25) is 9.48 Å². The Labute approximate surface area is 155 Å². The van der Waals surface area contributed by atoms with E-state index in [-0.39, 0.29) is 30.7 Å². The topological polar surface area (TPSA) is 83.9 Å². The number of nitrogens with zero attached hydrogens (tertiary/aromatic N) is 3. The number of aromatic nitrogens is 3. The van der Waals surface area contributed by atoms with Crippen molar-refractivity contribution in [3.63, 3.8) is 0 Å². The monoisotopic (exact) mass is 378 g/mol. The lowest BCUT2D eigenvalue weighted by atomic mass is 9.80. The van der Waals surface area contributed by atoms with Crippen LogP contribution < -0.4 is 16.0 Å². The van der Waals surface area contributed by atoms with E-state index in [0.717, 1.165) is 44.3 Å². The molecule has 3 N–H and O–H groups in total. The van der Waals surface area contributed by atoms with Gasteiger partial charge < -0.3 is 16.0 Å². The highest BCUT2D eigenvalue weighted by molar-refractivity contribution is 5.85. The van der Waals surface area contributed by atoms with Gasteiger partial charge in [0.25, 0.3) is 0 Å². The Kier molecular flexibility index (Phi) is 9.58. The SMILES string of the molecule is Cl.Cl.O=C(CCC[C@@H]1NC[C@@H]2CNC[C@H]1C2)NCCn1cncn1. The summed E-state index contributed by atoms with van der Waals surface area (Å²) in [5.41, 5.74) is 0. The molecule has 2 bridgehead atoms. The van der Waals surface area contributed by atoms with Crippen molar-refractivity contribution in [2.45, 2.75) is 38.3 Å². The van der Waals surface area contributed by atoms with Crippen LogP contribution in [0.25, 0.3) is 0 Å². The molecule has 3 atom stereocenters. The summed E-state index contributed by atoms with van der Waals surface area (Å²) in [6.07, 6.45) is 7.16. The molecule has 2 fully saturated rings. The number of piperidine rings is 2. The molecule has 1 aromatic rings. The third-order valence-electron chi connectivity index (χ3n) is 4.76. The summed E-state index contributed by atoms with van der Waals surface area (Å²) in [5, 5.41) is 14.1. The van der Waals surface area contributed by atoms with Gasteiger partial charge in [-0.1, -0.05) is 0 Å². The first-order valence-electron chi connectivity index (χ1n) is 8.34. The van der Waals surface area contributed by atoms with Crippen molar-refractivity contribution in [1.82, 2.24) is 30.7 Å². The van der Waals surface area contributed by atoms with Crippen molar-refractivity contribution < 1.29 is 4.79 Å². The van der Waals surface area contributed by atoms with Crippen LogP contribution in [0.2, 0.25) is 0 Å². The third-order valence-corrected chi connectivity index (χ3v) is 4.76. The molecule has 3 heterocycles. The van der Waals surface area contributed by atoms with Gasteiger partial charge in [-0.05, 0) is 50.7 Å². The maximum Gasteiger partial charge on any atom is 0.220 e. The van der Waals surface area contributed by atoms with Gasteiger partial charge in [-0.15, -0.1) is 24.8 Å². The van der Waals surface area contributed by atoms with Crippen molar-refractivity contribution in [2.24, 2.45) is 11.8 Å². The molecule has 0 aliphatic carbocycles. The molecule has 2 aliphatic rings. The second-order valence-electron chi connectivity index (χ2n) is 6.44. The zero-order valence-electron chi connectivity index (χ0n) is 13.8. The van der Waals surface area contributed by atoms with E-state index in [1.807, 2.05) is 0 Å². The second-order valence-corrected chi connectivity index (χ2v) is 6.44. The van der Waals surface area contributed by atoms with E-state index in [9.17, 15) is 4.79 Å². The van der Waals surface area contributed by atoms with Gasteiger partial charge in [0.2, 0.25) is 5.91 Å². The maximum absolute atomic E-state index is 11.8. The van der Waals surface area contributed by atoms with E-state index >= 15 is 0 Å². The van der Waals surface area contributed by atoms with Gasteiger partial charge in [0.15, 0.2) is 0 Å². The number of fused-ring (bicyclic) bond motifs is 2. The Morgan fingerprint density at radius 2 is 2.17 bits per heavy atom. The van der Waals surface area contributed by atoms with E-state index in [2.05, 4.69) is 26.0 Å². The molecule has 0 aromatic carbocycles. The zero-order valence-corrected chi connectivity index (χ0v) is 15.5. The number of hydrogen-bond acceptors (Lipinski definition) is 5. The molecule has 0 radical (unpaired) electrons. The molecule has 9 heteroatoms. The van der Waals surface area contributed by atoms with Crippen LogP contribution in [0.15, 0.2) is 12.7 Å². The molecule has 2 saturated heterocycles. The molecule has 24 heavy (non-hydrogen) atoms. The number of rotatable bonds is 7. The third kappa shape index (κ3) is 6.20. The summed E-state index contributed by atoms with van der Waals surface area (Å²) < 4.78 is 1.72. The largest absolute Gasteiger partial charge is 0.354 e. The summed E-state index contributed by atoms with van der Waals surface area (Å²) >= 11 is 0. The normalized spacial score (nSPS) is 25.2. The van der Waals surface area contributed by atoms with E-state index in [1.165, 1.54) is 12.7 Å². The minimum absolute atomic E-state index is 0. The number of hydrogen-bond donors (Lipinski definition) is 3. The Hall–Kier alpha value is -0.890. The number of carbonyl (C=O) groups excluding carboxylic acids is 1. The summed E-state index contributed by atoms with van der Waals surface area (Å²) in [6.45, 7) is 4.68. The van der Waals surface area contributed by atoms with Gasteiger partial charge >= 0.3 is 0 Å². The van der Waals surface area contributed by atoms with Crippen LogP contribution in [0.4, 0.5) is 0 Å². The molecular weight excluding hydrogens is 351 g/mol. The molecule has 0 saturated carbocycles. The lowest BCUT2D eigenvalue weighted by molar-refractivity contribution is -0.121. The van der Waals surface area contributed by atoms with Crippen molar-refractivity contribution in [3.05, 3.63) is 12.7 Å².